The zero-order valence-corrected chi connectivity index (χ0v) is 20.8. The van der Waals surface area contributed by atoms with Crippen molar-refractivity contribution in [2.24, 2.45) is 7.05 Å². The minimum absolute atomic E-state index is 0.0467. The van der Waals surface area contributed by atoms with Crippen LogP contribution in [0.15, 0.2) is 65.6 Å². The van der Waals surface area contributed by atoms with E-state index in [1.807, 2.05) is 18.2 Å². The van der Waals surface area contributed by atoms with Gasteiger partial charge in [0.25, 0.3) is 5.56 Å². The molecule has 0 amide bonds. The van der Waals surface area contributed by atoms with Gasteiger partial charge in [0, 0.05) is 44.5 Å². The highest BCUT2D eigenvalue weighted by atomic mass is 19.2. The molecule has 4 aromatic rings. The van der Waals surface area contributed by atoms with Crippen LogP contribution in [-0.2, 0) is 7.05 Å². The predicted molar refractivity (Wildman–Crippen MR) is 137 cm³/mol. The van der Waals surface area contributed by atoms with Crippen LogP contribution in [0.3, 0.4) is 0 Å². The molecule has 0 spiro atoms. The molecule has 3 aromatic heterocycles. The van der Waals surface area contributed by atoms with Gasteiger partial charge in [0.2, 0.25) is 0 Å². The highest BCUT2D eigenvalue weighted by Gasteiger charge is 2.36. The van der Waals surface area contributed by atoms with Crippen LogP contribution in [0.4, 0.5) is 14.5 Å². The van der Waals surface area contributed by atoms with Gasteiger partial charge >= 0.3 is 0 Å². The summed E-state index contributed by atoms with van der Waals surface area (Å²) in [4.78, 5) is 26.2. The number of aryl methyl sites for hydroxylation is 1. The Hall–Kier alpha value is -4.16. The molecule has 0 bridgehead atoms. The van der Waals surface area contributed by atoms with Crippen molar-refractivity contribution in [2.45, 2.75) is 32.0 Å². The Morgan fingerprint density at radius 2 is 1.84 bits per heavy atom. The summed E-state index contributed by atoms with van der Waals surface area (Å²) in [5.74, 6) is -1.79. The molecule has 188 valence electrons. The number of aromatic nitrogens is 3. The van der Waals surface area contributed by atoms with Gasteiger partial charge in [-0.25, -0.2) is 13.8 Å². The van der Waals surface area contributed by atoms with Crippen LogP contribution in [0.25, 0.3) is 11.0 Å². The molecule has 9 heteroatoms. The van der Waals surface area contributed by atoms with Crippen LogP contribution >= 0.6 is 0 Å². The first-order chi connectivity index (χ1) is 17.8. The van der Waals surface area contributed by atoms with E-state index < -0.39 is 11.6 Å². The number of hydrogen-bond acceptors (Lipinski definition) is 6. The summed E-state index contributed by atoms with van der Waals surface area (Å²) >= 11 is 0. The van der Waals surface area contributed by atoms with Gasteiger partial charge in [-0.2, -0.15) is 5.26 Å². The minimum Gasteiger partial charge on any atom is -0.364 e. The number of nitrogens with zero attached hydrogens (tertiary/aromatic N) is 6. The molecule has 1 aromatic carbocycles. The normalized spacial score (nSPS) is 19.1. The fourth-order valence-electron chi connectivity index (χ4n) is 5.19. The SMILES string of the molecule is CC1CN(c2cc(=O)n(C)c3ccc(C#N)nc23)[C@@H](C)CN1C(c1ccc(F)c(F)c1)c1ccccn1. The number of piperazine rings is 1. The van der Waals surface area contributed by atoms with Crippen molar-refractivity contribution in [3.63, 3.8) is 0 Å². The molecule has 37 heavy (non-hydrogen) atoms. The Balaban J connectivity index is 1.56. The lowest BCUT2D eigenvalue weighted by molar-refractivity contribution is 0.127. The second kappa shape index (κ2) is 9.71. The van der Waals surface area contributed by atoms with Gasteiger partial charge in [0.05, 0.1) is 22.9 Å². The molecule has 1 fully saturated rings. The summed E-state index contributed by atoms with van der Waals surface area (Å²) < 4.78 is 29.6. The number of hydrogen-bond donors (Lipinski definition) is 0. The molecule has 1 saturated heterocycles. The summed E-state index contributed by atoms with van der Waals surface area (Å²) in [5, 5.41) is 9.41. The number of nitriles is 1. The van der Waals surface area contributed by atoms with Crippen molar-refractivity contribution in [3.8, 4) is 6.07 Å². The maximum absolute atomic E-state index is 14.3. The van der Waals surface area contributed by atoms with Crippen LogP contribution in [0.5, 0.6) is 0 Å². The second-order valence-electron chi connectivity index (χ2n) is 9.48. The van der Waals surface area contributed by atoms with E-state index in [2.05, 4.69) is 39.7 Å². The van der Waals surface area contributed by atoms with Gasteiger partial charge in [0.15, 0.2) is 11.6 Å². The van der Waals surface area contributed by atoms with Gasteiger partial charge in [-0.15, -0.1) is 0 Å². The number of pyridine rings is 3. The lowest BCUT2D eigenvalue weighted by Gasteiger charge is -2.48. The number of rotatable bonds is 4. The van der Waals surface area contributed by atoms with Crippen molar-refractivity contribution >= 4 is 16.7 Å². The minimum atomic E-state index is -0.899. The molecular weight excluding hydrogens is 474 g/mol. The van der Waals surface area contributed by atoms with Gasteiger partial charge < -0.3 is 9.47 Å². The van der Waals surface area contributed by atoms with Crippen LogP contribution < -0.4 is 10.5 Å². The fourth-order valence-corrected chi connectivity index (χ4v) is 5.19. The van der Waals surface area contributed by atoms with E-state index in [0.717, 1.165) is 11.8 Å². The first-order valence-electron chi connectivity index (χ1n) is 12.1. The van der Waals surface area contributed by atoms with Crippen LogP contribution in [0, 0.1) is 23.0 Å². The van der Waals surface area contributed by atoms with Gasteiger partial charge in [-0.3, -0.25) is 14.7 Å². The average Bonchev–Trinajstić information content (AvgIpc) is 2.90. The quantitative estimate of drug-likeness (QED) is 0.419. The van der Waals surface area contributed by atoms with Crippen molar-refractivity contribution < 1.29 is 8.78 Å². The Morgan fingerprint density at radius 1 is 1.03 bits per heavy atom. The fraction of sp³-hybridized carbons (Fsp3) is 0.286. The van der Waals surface area contributed by atoms with E-state index in [1.54, 1.807) is 37.5 Å². The number of halogens is 2. The number of anilines is 1. The Morgan fingerprint density at radius 3 is 2.54 bits per heavy atom. The van der Waals surface area contributed by atoms with E-state index in [1.165, 1.54) is 10.6 Å². The third kappa shape index (κ3) is 4.45. The van der Waals surface area contributed by atoms with Crippen LogP contribution in [0.2, 0.25) is 0 Å². The molecule has 0 N–H and O–H groups in total. The molecule has 5 rings (SSSR count). The summed E-state index contributed by atoms with van der Waals surface area (Å²) in [6, 6.07) is 16.1. The molecule has 3 atom stereocenters. The lowest BCUT2D eigenvalue weighted by atomic mass is 9.96. The molecular formula is C28H26F2N6O. The van der Waals surface area contributed by atoms with E-state index in [-0.39, 0.29) is 29.4 Å². The molecule has 0 aliphatic carbocycles. The number of fused-ring (bicyclic) bond motifs is 1. The Labute approximate surface area is 213 Å². The molecule has 0 saturated carbocycles. The van der Waals surface area contributed by atoms with Crippen molar-refractivity contribution in [3.05, 3.63) is 99.7 Å². The Kier molecular flexibility index (Phi) is 6.44. The summed E-state index contributed by atoms with van der Waals surface area (Å²) in [5.41, 5.74) is 3.39. The highest BCUT2D eigenvalue weighted by molar-refractivity contribution is 5.89. The smallest absolute Gasteiger partial charge is 0.252 e. The van der Waals surface area contributed by atoms with Gasteiger partial charge in [0.1, 0.15) is 17.3 Å². The zero-order chi connectivity index (χ0) is 26.3. The molecule has 0 radical (unpaired) electrons. The molecule has 1 aliphatic rings. The number of benzene rings is 1. The van der Waals surface area contributed by atoms with Gasteiger partial charge in [-0.05, 0) is 55.8 Å². The third-order valence-corrected chi connectivity index (χ3v) is 7.09. The van der Waals surface area contributed by atoms with E-state index in [4.69, 9.17) is 0 Å². The first kappa shape index (κ1) is 24.5. The van der Waals surface area contributed by atoms with Crippen molar-refractivity contribution in [1.29, 1.82) is 5.26 Å². The predicted octanol–water partition coefficient (Wildman–Crippen LogP) is 4.17. The third-order valence-electron chi connectivity index (χ3n) is 7.09. The van der Waals surface area contributed by atoms with Crippen molar-refractivity contribution in [2.75, 3.05) is 18.0 Å². The molecule has 2 unspecified atom stereocenters. The summed E-state index contributed by atoms with van der Waals surface area (Å²) in [6.45, 7) is 5.23. The Bertz CT molecular complexity index is 1570. The van der Waals surface area contributed by atoms with Crippen LogP contribution in [-0.4, -0.2) is 44.6 Å². The maximum Gasteiger partial charge on any atom is 0.252 e. The second-order valence-corrected chi connectivity index (χ2v) is 9.48. The van der Waals surface area contributed by atoms with E-state index in [0.29, 0.717) is 35.4 Å². The van der Waals surface area contributed by atoms with Crippen molar-refractivity contribution in [1.82, 2.24) is 19.4 Å². The lowest BCUT2D eigenvalue weighted by Crippen LogP contribution is -2.57. The monoisotopic (exact) mass is 500 g/mol. The average molecular weight is 501 g/mol. The van der Waals surface area contributed by atoms with Gasteiger partial charge in [-0.1, -0.05) is 12.1 Å². The molecule has 7 nitrogen and oxygen atoms in total. The largest absolute Gasteiger partial charge is 0.364 e. The maximum atomic E-state index is 14.3. The summed E-state index contributed by atoms with van der Waals surface area (Å²) in [7, 11) is 1.69. The summed E-state index contributed by atoms with van der Waals surface area (Å²) in [6.07, 6.45) is 1.69. The zero-order valence-electron chi connectivity index (χ0n) is 20.8. The topological polar surface area (TPSA) is 78.0 Å². The van der Waals surface area contributed by atoms with E-state index >= 15 is 0 Å². The molecule has 4 heterocycles. The molecule has 1 aliphatic heterocycles. The first-order valence-corrected chi connectivity index (χ1v) is 12.1. The van der Waals surface area contributed by atoms with Crippen LogP contribution in [0.1, 0.15) is 36.8 Å². The standard InChI is InChI=1S/C28H26F2N6O/c1-17-16-36(28(23-6-4-5-11-32-23)19-7-9-21(29)22(30)12-19)18(2)15-35(17)25-13-26(37)34(3)24-10-8-20(14-31)33-27(24)25/h4-13,17-18,28H,15-16H2,1-3H3/t17-,18?,28?/m0/s1. The van der Waals surface area contributed by atoms with E-state index in [9.17, 15) is 18.8 Å². The highest BCUT2D eigenvalue weighted by Crippen LogP contribution is 2.35.